The number of carbonyl (C=O) groups is 1. The average molecular weight is 444 g/mol. The molecule has 170 valence electrons. The van der Waals surface area contributed by atoms with Crippen molar-refractivity contribution in [3.63, 3.8) is 0 Å². The molecule has 0 bridgehead atoms. The second kappa shape index (κ2) is 8.48. The maximum absolute atomic E-state index is 13.7. The van der Waals surface area contributed by atoms with Crippen molar-refractivity contribution in [1.29, 1.82) is 0 Å². The fourth-order valence-corrected chi connectivity index (χ4v) is 4.25. The molecule has 5 rings (SSSR count). The van der Waals surface area contributed by atoms with Gasteiger partial charge in [0, 0.05) is 18.9 Å². The zero-order valence-electron chi connectivity index (χ0n) is 18.0. The summed E-state index contributed by atoms with van der Waals surface area (Å²) < 4.78 is 30.4. The third-order valence-corrected chi connectivity index (χ3v) is 6.46. The van der Waals surface area contributed by atoms with E-state index in [9.17, 15) is 13.6 Å². The van der Waals surface area contributed by atoms with Crippen molar-refractivity contribution >= 4 is 23.1 Å². The van der Waals surface area contributed by atoms with Gasteiger partial charge in [0.15, 0.2) is 11.3 Å². The summed E-state index contributed by atoms with van der Waals surface area (Å²) in [5, 5.41) is 14.2. The number of anilines is 2. The number of alkyl halides is 2. The van der Waals surface area contributed by atoms with Crippen LogP contribution in [0.5, 0.6) is 0 Å². The Kier molecular flexibility index (Phi) is 5.52. The van der Waals surface area contributed by atoms with Crippen molar-refractivity contribution in [1.82, 2.24) is 24.4 Å². The van der Waals surface area contributed by atoms with Crippen molar-refractivity contribution in [2.24, 2.45) is 11.8 Å². The maximum Gasteiger partial charge on any atom is 0.284 e. The zero-order valence-corrected chi connectivity index (χ0v) is 18.0. The van der Waals surface area contributed by atoms with Gasteiger partial charge in [-0.05, 0) is 56.4 Å². The maximum atomic E-state index is 13.7. The molecule has 8 nitrogen and oxygen atoms in total. The number of amides is 1. The van der Waals surface area contributed by atoms with Gasteiger partial charge in [-0.25, -0.2) is 18.3 Å². The predicted molar refractivity (Wildman–Crippen MR) is 116 cm³/mol. The van der Waals surface area contributed by atoms with Gasteiger partial charge in [-0.15, -0.1) is 0 Å². The molecule has 0 radical (unpaired) electrons. The summed E-state index contributed by atoms with van der Waals surface area (Å²) in [6.45, 7) is 3.04. The quantitative estimate of drug-likeness (QED) is 0.553. The van der Waals surface area contributed by atoms with E-state index < -0.39 is 18.0 Å². The van der Waals surface area contributed by atoms with E-state index in [0.29, 0.717) is 23.3 Å². The van der Waals surface area contributed by atoms with Crippen LogP contribution in [0.25, 0.3) is 5.65 Å². The van der Waals surface area contributed by atoms with Crippen LogP contribution >= 0.6 is 0 Å². The number of hydrogen-bond acceptors (Lipinski definition) is 5. The molecule has 0 atom stereocenters. The summed E-state index contributed by atoms with van der Waals surface area (Å²) in [6, 6.07) is 1.88. The lowest BCUT2D eigenvalue weighted by Crippen LogP contribution is -2.17. The Morgan fingerprint density at radius 1 is 1.22 bits per heavy atom. The Bertz CT molecular complexity index is 1110. The number of nitrogens with zero attached hydrogens (tertiary/aromatic N) is 5. The normalized spacial score (nSPS) is 21.2. The van der Waals surface area contributed by atoms with E-state index in [1.165, 1.54) is 29.8 Å². The molecule has 2 saturated carbocycles. The van der Waals surface area contributed by atoms with E-state index in [1.807, 2.05) is 0 Å². The second-order valence-electron chi connectivity index (χ2n) is 9.04. The minimum absolute atomic E-state index is 0.0333. The Labute approximate surface area is 184 Å². The van der Waals surface area contributed by atoms with Crippen LogP contribution in [0.4, 0.5) is 20.3 Å². The molecule has 3 heterocycles. The molecule has 3 aromatic heterocycles. The van der Waals surface area contributed by atoms with Crippen LogP contribution in [0.1, 0.15) is 74.0 Å². The number of halogens is 2. The molecule has 2 aliphatic rings. The van der Waals surface area contributed by atoms with Gasteiger partial charge in [0.05, 0.1) is 17.9 Å². The molecule has 10 heteroatoms. The highest BCUT2D eigenvalue weighted by Crippen LogP contribution is 2.34. The van der Waals surface area contributed by atoms with E-state index >= 15 is 0 Å². The summed E-state index contributed by atoms with van der Waals surface area (Å²) in [5.41, 5.74) is 0.217. The summed E-state index contributed by atoms with van der Waals surface area (Å²) >= 11 is 0. The van der Waals surface area contributed by atoms with E-state index in [1.54, 1.807) is 16.9 Å². The molecular weight excluding hydrogens is 416 g/mol. The number of carbonyl (C=O) groups excluding carboxylic acids is 1. The largest absolute Gasteiger partial charge is 0.370 e. The van der Waals surface area contributed by atoms with Crippen LogP contribution in [-0.4, -0.2) is 36.8 Å². The van der Waals surface area contributed by atoms with Crippen molar-refractivity contribution in [2.45, 2.75) is 57.9 Å². The highest BCUT2D eigenvalue weighted by molar-refractivity contribution is 6.08. The standard InChI is InChI=1S/C22H27F2N7O/c1-13-2-6-15(7-3-13)31-12-17(19(29-31)20(23)24)27-22(32)16-11-26-30-9-8-18(28-21(16)30)25-10-14-4-5-14/h8-9,11-15,20H,2-7,10H2,1H3,(H,25,28)(H,27,32)/t13-,15-. The van der Waals surface area contributed by atoms with Gasteiger partial charge in [0.1, 0.15) is 11.4 Å². The van der Waals surface area contributed by atoms with Gasteiger partial charge >= 0.3 is 0 Å². The molecule has 0 saturated heterocycles. The number of nitrogens with one attached hydrogen (secondary N) is 2. The SMILES string of the molecule is C[C@H]1CC[C@H](n2cc(NC(=O)c3cnn4ccc(NCC5CC5)nc34)c(C(F)F)n2)CC1. The smallest absolute Gasteiger partial charge is 0.284 e. The number of rotatable bonds is 7. The molecule has 3 aromatic rings. The molecule has 0 unspecified atom stereocenters. The number of aromatic nitrogens is 5. The lowest BCUT2D eigenvalue weighted by Gasteiger charge is -2.26. The van der Waals surface area contributed by atoms with Crippen molar-refractivity contribution in [3.05, 3.63) is 35.9 Å². The van der Waals surface area contributed by atoms with Gasteiger partial charge in [0.25, 0.3) is 12.3 Å². The van der Waals surface area contributed by atoms with Crippen LogP contribution in [0.2, 0.25) is 0 Å². The van der Waals surface area contributed by atoms with Crippen molar-refractivity contribution in [3.8, 4) is 0 Å². The first-order valence-electron chi connectivity index (χ1n) is 11.2. The Morgan fingerprint density at radius 2 is 2.00 bits per heavy atom. The van der Waals surface area contributed by atoms with Crippen LogP contribution in [0.15, 0.2) is 24.7 Å². The summed E-state index contributed by atoms with van der Waals surface area (Å²) in [6.07, 6.45) is 8.18. The average Bonchev–Trinajstić information content (AvgIpc) is 3.36. The van der Waals surface area contributed by atoms with E-state index in [2.05, 4.69) is 32.7 Å². The molecule has 2 aliphatic carbocycles. The predicted octanol–water partition coefficient (Wildman–Crippen LogP) is 4.69. The van der Waals surface area contributed by atoms with Gasteiger partial charge in [-0.2, -0.15) is 10.2 Å². The number of fused-ring (bicyclic) bond motifs is 1. The topological polar surface area (TPSA) is 89.1 Å². The van der Waals surface area contributed by atoms with Gasteiger partial charge < -0.3 is 10.6 Å². The summed E-state index contributed by atoms with van der Waals surface area (Å²) in [4.78, 5) is 17.5. The first-order valence-corrected chi connectivity index (χ1v) is 11.2. The molecule has 0 aliphatic heterocycles. The van der Waals surface area contributed by atoms with Gasteiger partial charge in [0.2, 0.25) is 0 Å². The van der Waals surface area contributed by atoms with Crippen LogP contribution in [0.3, 0.4) is 0 Å². The molecule has 1 amide bonds. The first kappa shape index (κ1) is 20.8. The van der Waals surface area contributed by atoms with Crippen LogP contribution in [0, 0.1) is 11.8 Å². The first-order chi connectivity index (χ1) is 15.5. The van der Waals surface area contributed by atoms with Gasteiger partial charge in [-0.3, -0.25) is 9.48 Å². The minimum Gasteiger partial charge on any atom is -0.370 e. The van der Waals surface area contributed by atoms with Crippen LogP contribution < -0.4 is 10.6 Å². The molecule has 32 heavy (non-hydrogen) atoms. The molecule has 0 aromatic carbocycles. The van der Waals surface area contributed by atoms with Gasteiger partial charge in [-0.1, -0.05) is 6.92 Å². The molecule has 2 fully saturated rings. The molecular formula is C22H27F2N7O. The molecule has 2 N–H and O–H groups in total. The Hall–Kier alpha value is -3.04. The Balaban J connectivity index is 1.37. The monoisotopic (exact) mass is 443 g/mol. The third kappa shape index (κ3) is 4.31. The van der Waals surface area contributed by atoms with E-state index in [4.69, 9.17) is 0 Å². The van der Waals surface area contributed by atoms with Crippen LogP contribution in [-0.2, 0) is 0 Å². The third-order valence-electron chi connectivity index (χ3n) is 6.46. The highest BCUT2D eigenvalue weighted by atomic mass is 19.3. The fourth-order valence-electron chi connectivity index (χ4n) is 4.25. The Morgan fingerprint density at radius 3 is 2.72 bits per heavy atom. The lowest BCUT2D eigenvalue weighted by molar-refractivity contribution is 0.102. The summed E-state index contributed by atoms with van der Waals surface area (Å²) in [5.74, 6) is 1.44. The molecule has 0 spiro atoms. The fraction of sp³-hybridized carbons (Fsp3) is 0.545. The summed E-state index contributed by atoms with van der Waals surface area (Å²) in [7, 11) is 0. The van der Waals surface area contributed by atoms with Crippen molar-refractivity contribution < 1.29 is 13.6 Å². The van der Waals surface area contributed by atoms with E-state index in [0.717, 1.165) is 32.2 Å². The zero-order chi connectivity index (χ0) is 22.2. The number of hydrogen-bond donors (Lipinski definition) is 2. The van der Waals surface area contributed by atoms with E-state index in [-0.39, 0.29) is 17.3 Å². The lowest BCUT2D eigenvalue weighted by atomic mass is 9.87. The second-order valence-corrected chi connectivity index (χ2v) is 9.04. The minimum atomic E-state index is -2.78. The highest BCUT2D eigenvalue weighted by Gasteiger charge is 2.26. The van der Waals surface area contributed by atoms with Crippen molar-refractivity contribution in [2.75, 3.05) is 17.2 Å².